The van der Waals surface area contributed by atoms with Gasteiger partial charge in [-0.15, -0.1) is 10.2 Å². The van der Waals surface area contributed by atoms with E-state index in [4.69, 9.17) is 4.42 Å². The van der Waals surface area contributed by atoms with Gasteiger partial charge in [-0.2, -0.15) is 0 Å². The molecular formula is C17H16FN5O4S. The van der Waals surface area contributed by atoms with Crippen LogP contribution in [0.15, 0.2) is 43.5 Å². The van der Waals surface area contributed by atoms with Gasteiger partial charge in [-0.1, -0.05) is 17.8 Å². The van der Waals surface area contributed by atoms with E-state index in [9.17, 15) is 18.8 Å². The Morgan fingerprint density at radius 2 is 2.14 bits per heavy atom. The molecule has 0 aliphatic rings. The summed E-state index contributed by atoms with van der Waals surface area (Å²) in [6.07, 6.45) is 0.0539. The predicted octanol–water partition coefficient (Wildman–Crippen LogP) is 1.23. The van der Waals surface area contributed by atoms with E-state index < -0.39 is 17.1 Å². The van der Waals surface area contributed by atoms with Crippen LogP contribution in [-0.4, -0.2) is 31.4 Å². The van der Waals surface area contributed by atoms with Crippen molar-refractivity contribution in [1.82, 2.24) is 19.7 Å². The van der Waals surface area contributed by atoms with Crippen LogP contribution in [0.2, 0.25) is 0 Å². The zero-order valence-electron chi connectivity index (χ0n) is 15.0. The number of nitrogens with zero attached hydrogens (tertiary/aromatic N) is 3. The Labute approximate surface area is 162 Å². The molecule has 0 fully saturated rings. The molecule has 9 nitrogen and oxygen atoms in total. The normalized spacial score (nSPS) is 10.8. The van der Waals surface area contributed by atoms with Crippen molar-refractivity contribution in [1.29, 1.82) is 0 Å². The van der Waals surface area contributed by atoms with Crippen molar-refractivity contribution in [2.24, 2.45) is 7.05 Å². The second-order valence-electron chi connectivity index (χ2n) is 5.88. The molecule has 0 aliphatic carbocycles. The average molecular weight is 405 g/mol. The molecule has 1 amide bonds. The number of thioether (sulfide) groups is 1. The number of hydrogen-bond acceptors (Lipinski definition) is 7. The third-order valence-electron chi connectivity index (χ3n) is 3.83. The van der Waals surface area contributed by atoms with Crippen molar-refractivity contribution in [3.63, 3.8) is 0 Å². The van der Waals surface area contributed by atoms with Crippen molar-refractivity contribution < 1.29 is 13.6 Å². The maximum atomic E-state index is 13.1. The first-order valence-corrected chi connectivity index (χ1v) is 9.11. The highest BCUT2D eigenvalue weighted by Gasteiger charge is 2.15. The van der Waals surface area contributed by atoms with Gasteiger partial charge >= 0.3 is 5.69 Å². The van der Waals surface area contributed by atoms with E-state index in [1.54, 1.807) is 13.0 Å². The third-order valence-corrected chi connectivity index (χ3v) is 4.64. The molecule has 2 heterocycles. The minimum absolute atomic E-state index is 0.0163. The second kappa shape index (κ2) is 8.21. The zero-order valence-corrected chi connectivity index (χ0v) is 15.8. The lowest BCUT2D eigenvalue weighted by atomic mass is 10.2. The van der Waals surface area contributed by atoms with Gasteiger partial charge in [-0.05, 0) is 25.1 Å². The fourth-order valence-electron chi connectivity index (χ4n) is 2.39. The number of aryl methyl sites for hydroxylation is 1. The summed E-state index contributed by atoms with van der Waals surface area (Å²) in [5.74, 6) is -0.644. The van der Waals surface area contributed by atoms with E-state index in [0.29, 0.717) is 16.9 Å². The summed E-state index contributed by atoms with van der Waals surface area (Å²) < 4.78 is 19.5. The predicted molar refractivity (Wildman–Crippen MR) is 99.9 cm³/mol. The molecule has 0 aliphatic heterocycles. The number of aromatic nitrogens is 4. The van der Waals surface area contributed by atoms with Crippen LogP contribution in [0.25, 0.3) is 0 Å². The smallest absolute Gasteiger partial charge is 0.328 e. The van der Waals surface area contributed by atoms with Crippen molar-refractivity contribution in [3.8, 4) is 0 Å². The quantitative estimate of drug-likeness (QED) is 0.591. The first kappa shape index (κ1) is 19.5. The molecule has 11 heteroatoms. The largest absolute Gasteiger partial charge is 0.416 e. The fraction of sp³-hybridized carbons (Fsp3) is 0.235. The van der Waals surface area contributed by atoms with Crippen LogP contribution in [-0.2, 0) is 18.3 Å². The van der Waals surface area contributed by atoms with Gasteiger partial charge in [-0.25, -0.2) is 9.18 Å². The Hall–Kier alpha value is -3.21. The summed E-state index contributed by atoms with van der Waals surface area (Å²) in [4.78, 5) is 38.3. The molecule has 2 N–H and O–H groups in total. The van der Waals surface area contributed by atoms with E-state index >= 15 is 0 Å². The van der Waals surface area contributed by atoms with Crippen molar-refractivity contribution in [2.75, 3.05) is 11.1 Å². The van der Waals surface area contributed by atoms with E-state index in [2.05, 4.69) is 20.5 Å². The summed E-state index contributed by atoms with van der Waals surface area (Å²) in [6.45, 7) is 1.61. The highest BCUT2D eigenvalue weighted by atomic mass is 32.2. The van der Waals surface area contributed by atoms with Gasteiger partial charge in [0.1, 0.15) is 5.82 Å². The molecule has 0 spiro atoms. The van der Waals surface area contributed by atoms with E-state index in [1.807, 2.05) is 0 Å². The molecule has 0 atom stereocenters. The molecule has 0 bridgehead atoms. The van der Waals surface area contributed by atoms with Crippen LogP contribution < -0.4 is 16.6 Å². The van der Waals surface area contributed by atoms with Crippen LogP contribution in [0.3, 0.4) is 0 Å². The molecule has 0 unspecified atom stereocenters. The third kappa shape index (κ3) is 4.55. The number of aromatic amines is 1. The Balaban J connectivity index is 1.62. The summed E-state index contributed by atoms with van der Waals surface area (Å²) in [5.41, 5.74) is 0.169. The monoisotopic (exact) mass is 405 g/mol. The second-order valence-corrected chi connectivity index (χ2v) is 6.81. The number of carbonyl (C=O) groups excluding carboxylic acids is 1. The first-order chi connectivity index (χ1) is 13.3. The minimum Gasteiger partial charge on any atom is -0.416 e. The van der Waals surface area contributed by atoms with Gasteiger partial charge in [-0.3, -0.25) is 14.2 Å². The van der Waals surface area contributed by atoms with Crippen LogP contribution in [0.1, 0.15) is 17.1 Å². The molecule has 3 aromatic rings. The molecule has 28 heavy (non-hydrogen) atoms. The van der Waals surface area contributed by atoms with Gasteiger partial charge in [0.15, 0.2) is 0 Å². The number of benzene rings is 1. The van der Waals surface area contributed by atoms with Gasteiger partial charge < -0.3 is 14.7 Å². The molecule has 0 saturated carbocycles. The van der Waals surface area contributed by atoms with Gasteiger partial charge in [0.2, 0.25) is 11.8 Å². The van der Waals surface area contributed by atoms with Crippen LogP contribution in [0, 0.1) is 12.7 Å². The summed E-state index contributed by atoms with van der Waals surface area (Å²) >= 11 is 1.01. The number of H-pyrrole nitrogens is 1. The molecule has 1 aromatic carbocycles. The Bertz CT molecular complexity index is 1140. The SMILES string of the molecule is Cc1[nH]c(=O)n(C)c(=O)c1Cc1nnc(SCC(=O)Nc2cccc(F)c2)o1. The standard InChI is InChI=1S/C17H16FN5O4S/c1-9-12(15(25)23(2)16(26)19-9)7-14-21-22-17(27-14)28-8-13(24)20-11-5-3-4-10(18)6-11/h3-6H,7-8H2,1-2H3,(H,19,26)(H,20,24). The molecule has 0 radical (unpaired) electrons. The van der Waals surface area contributed by atoms with E-state index in [1.165, 1.54) is 25.2 Å². The summed E-state index contributed by atoms with van der Waals surface area (Å²) in [5, 5.41) is 10.4. The number of carbonyl (C=O) groups is 1. The minimum atomic E-state index is -0.502. The lowest BCUT2D eigenvalue weighted by molar-refractivity contribution is -0.113. The molecule has 146 valence electrons. The zero-order chi connectivity index (χ0) is 20.3. The molecule has 0 saturated heterocycles. The lowest BCUT2D eigenvalue weighted by Gasteiger charge is -2.04. The highest BCUT2D eigenvalue weighted by Crippen LogP contribution is 2.18. The summed E-state index contributed by atoms with van der Waals surface area (Å²) in [7, 11) is 1.37. The topological polar surface area (TPSA) is 123 Å². The Morgan fingerprint density at radius 3 is 2.89 bits per heavy atom. The number of nitrogens with one attached hydrogen (secondary N) is 2. The van der Waals surface area contributed by atoms with Gasteiger partial charge in [0.05, 0.1) is 12.2 Å². The first-order valence-electron chi connectivity index (χ1n) is 8.13. The molecule has 3 rings (SSSR count). The fourth-order valence-corrected chi connectivity index (χ4v) is 2.97. The number of rotatable bonds is 6. The molecule has 2 aromatic heterocycles. The van der Waals surface area contributed by atoms with Crippen molar-refractivity contribution in [2.45, 2.75) is 18.6 Å². The lowest BCUT2D eigenvalue weighted by Crippen LogP contribution is -2.36. The molecular weight excluding hydrogens is 389 g/mol. The number of amides is 1. The van der Waals surface area contributed by atoms with Gasteiger partial charge in [0, 0.05) is 24.0 Å². The van der Waals surface area contributed by atoms with Crippen LogP contribution in [0.5, 0.6) is 0 Å². The van der Waals surface area contributed by atoms with Crippen molar-refractivity contribution in [3.05, 3.63) is 68.1 Å². The Morgan fingerprint density at radius 1 is 1.36 bits per heavy atom. The van der Waals surface area contributed by atoms with Crippen molar-refractivity contribution >= 4 is 23.4 Å². The summed E-state index contributed by atoms with van der Waals surface area (Å²) in [6, 6.07) is 5.55. The van der Waals surface area contributed by atoms with E-state index in [0.717, 1.165) is 16.3 Å². The van der Waals surface area contributed by atoms with E-state index in [-0.39, 0.29) is 29.2 Å². The Kier molecular flexibility index (Phi) is 5.73. The number of halogens is 1. The van der Waals surface area contributed by atoms with Crippen LogP contribution >= 0.6 is 11.8 Å². The van der Waals surface area contributed by atoms with Crippen LogP contribution in [0.4, 0.5) is 10.1 Å². The maximum Gasteiger partial charge on any atom is 0.328 e. The average Bonchev–Trinajstić information content (AvgIpc) is 3.09. The van der Waals surface area contributed by atoms with Gasteiger partial charge in [0.25, 0.3) is 10.8 Å². The number of hydrogen-bond donors (Lipinski definition) is 2. The number of anilines is 1. The highest BCUT2D eigenvalue weighted by molar-refractivity contribution is 7.99. The maximum absolute atomic E-state index is 13.1.